The van der Waals surface area contributed by atoms with Crippen LogP contribution in [0.5, 0.6) is 0 Å². The maximum atomic E-state index is 13.2. The van der Waals surface area contributed by atoms with Crippen molar-refractivity contribution < 1.29 is 12.8 Å². The quantitative estimate of drug-likeness (QED) is 0.555. The zero-order valence-corrected chi connectivity index (χ0v) is 19.1. The highest BCUT2D eigenvalue weighted by Crippen LogP contribution is 2.25. The van der Waals surface area contributed by atoms with Crippen LogP contribution in [-0.2, 0) is 10.0 Å². The van der Waals surface area contributed by atoms with Gasteiger partial charge in [0.25, 0.3) is 0 Å². The van der Waals surface area contributed by atoms with E-state index in [1.54, 1.807) is 24.3 Å². The lowest BCUT2D eigenvalue weighted by Crippen LogP contribution is -2.49. The average Bonchev–Trinajstić information content (AvgIpc) is 2.81. The number of nitrogens with zero attached hydrogens (tertiary/aromatic N) is 2. The number of hydrogen-bond donors (Lipinski definition) is 1. The van der Waals surface area contributed by atoms with E-state index in [1.165, 1.54) is 24.3 Å². The van der Waals surface area contributed by atoms with Crippen LogP contribution in [0, 0.1) is 5.82 Å². The van der Waals surface area contributed by atoms with Crippen LogP contribution in [0.3, 0.4) is 0 Å². The number of anilines is 1. The molecule has 0 saturated carbocycles. The third-order valence-electron chi connectivity index (χ3n) is 5.72. The highest BCUT2D eigenvalue weighted by Gasteiger charge is 2.27. The molecular weight excluding hydrogens is 449 g/mol. The maximum absolute atomic E-state index is 13.2. The molecule has 1 aliphatic heterocycles. The molecule has 1 atom stereocenters. The van der Waals surface area contributed by atoms with Crippen molar-refractivity contribution in [2.45, 2.75) is 10.9 Å². The lowest BCUT2D eigenvalue weighted by molar-refractivity contribution is 0.187. The van der Waals surface area contributed by atoms with Crippen LogP contribution in [0.4, 0.5) is 10.1 Å². The molecule has 32 heavy (non-hydrogen) atoms. The Bertz CT molecular complexity index is 1120. The molecule has 1 fully saturated rings. The Morgan fingerprint density at radius 3 is 2.12 bits per heavy atom. The van der Waals surface area contributed by atoms with E-state index in [9.17, 15) is 12.8 Å². The van der Waals surface area contributed by atoms with Crippen LogP contribution in [-0.4, -0.2) is 46.0 Å². The Labute approximate surface area is 193 Å². The molecule has 3 aromatic rings. The second kappa shape index (κ2) is 10.0. The fourth-order valence-electron chi connectivity index (χ4n) is 3.96. The molecule has 1 N–H and O–H groups in total. The first-order valence-corrected chi connectivity index (χ1v) is 12.3. The molecule has 0 aromatic heterocycles. The lowest BCUT2D eigenvalue weighted by atomic mass is 10.0. The van der Waals surface area contributed by atoms with Crippen molar-refractivity contribution in [2.24, 2.45) is 0 Å². The Hall–Kier alpha value is -2.45. The summed E-state index contributed by atoms with van der Waals surface area (Å²) in [6, 6.07) is 22.5. The van der Waals surface area contributed by atoms with Crippen molar-refractivity contribution in [1.29, 1.82) is 0 Å². The van der Waals surface area contributed by atoms with E-state index < -0.39 is 10.0 Å². The van der Waals surface area contributed by atoms with Crippen LogP contribution < -0.4 is 9.62 Å². The zero-order valence-electron chi connectivity index (χ0n) is 17.5. The second-order valence-electron chi connectivity index (χ2n) is 7.73. The zero-order chi connectivity index (χ0) is 22.6. The van der Waals surface area contributed by atoms with E-state index in [-0.39, 0.29) is 23.3 Å². The highest BCUT2D eigenvalue weighted by molar-refractivity contribution is 7.89. The van der Waals surface area contributed by atoms with Gasteiger partial charge in [-0.25, -0.2) is 17.5 Å². The van der Waals surface area contributed by atoms with Gasteiger partial charge in [0.15, 0.2) is 0 Å². The number of sulfonamides is 1. The fraction of sp³-hybridized carbons (Fsp3) is 0.250. The minimum absolute atomic E-state index is 0.103. The summed E-state index contributed by atoms with van der Waals surface area (Å²) in [7, 11) is -3.66. The number of hydrogen-bond acceptors (Lipinski definition) is 4. The highest BCUT2D eigenvalue weighted by atomic mass is 35.5. The maximum Gasteiger partial charge on any atom is 0.240 e. The van der Waals surface area contributed by atoms with Gasteiger partial charge in [-0.1, -0.05) is 41.9 Å². The van der Waals surface area contributed by atoms with Gasteiger partial charge < -0.3 is 4.90 Å². The van der Waals surface area contributed by atoms with Gasteiger partial charge in [0.2, 0.25) is 10.0 Å². The topological polar surface area (TPSA) is 52.7 Å². The third-order valence-corrected chi connectivity index (χ3v) is 7.41. The van der Waals surface area contributed by atoms with Crippen LogP contribution in [0.15, 0.2) is 83.8 Å². The molecule has 8 heteroatoms. The smallest absolute Gasteiger partial charge is 0.240 e. The van der Waals surface area contributed by atoms with Gasteiger partial charge in [-0.05, 0) is 54.1 Å². The molecule has 1 heterocycles. The second-order valence-corrected chi connectivity index (χ2v) is 9.94. The summed E-state index contributed by atoms with van der Waals surface area (Å²) in [5.74, 6) is -0.246. The van der Waals surface area contributed by atoms with Gasteiger partial charge in [0, 0.05) is 49.5 Å². The van der Waals surface area contributed by atoms with Crippen LogP contribution in [0.25, 0.3) is 0 Å². The number of rotatable bonds is 7. The minimum atomic E-state index is -3.66. The van der Waals surface area contributed by atoms with Crippen LogP contribution >= 0.6 is 11.6 Å². The normalized spacial score (nSPS) is 16.1. The van der Waals surface area contributed by atoms with Crippen molar-refractivity contribution in [3.05, 3.63) is 95.3 Å². The van der Waals surface area contributed by atoms with E-state index in [1.807, 2.05) is 30.3 Å². The van der Waals surface area contributed by atoms with Crippen molar-refractivity contribution in [2.75, 3.05) is 37.6 Å². The first-order valence-electron chi connectivity index (χ1n) is 10.5. The molecule has 0 amide bonds. The number of piperazine rings is 1. The van der Waals surface area contributed by atoms with Crippen molar-refractivity contribution in [1.82, 2.24) is 9.62 Å². The van der Waals surface area contributed by atoms with Crippen molar-refractivity contribution in [3.8, 4) is 0 Å². The first kappa shape index (κ1) is 22.7. The molecular formula is C24H25ClFN3O2S. The molecule has 168 valence electrons. The Morgan fingerprint density at radius 2 is 1.50 bits per heavy atom. The lowest BCUT2D eigenvalue weighted by Gasteiger charge is -2.40. The number of benzene rings is 3. The van der Waals surface area contributed by atoms with E-state index in [0.717, 1.165) is 37.4 Å². The van der Waals surface area contributed by atoms with Gasteiger partial charge in [-0.2, -0.15) is 0 Å². The van der Waals surface area contributed by atoms with E-state index in [0.29, 0.717) is 5.02 Å². The summed E-state index contributed by atoms with van der Waals surface area (Å²) in [5, 5.41) is 0.491. The van der Waals surface area contributed by atoms with Gasteiger partial charge in [0.1, 0.15) is 5.82 Å². The summed E-state index contributed by atoms with van der Waals surface area (Å²) < 4.78 is 41.6. The summed E-state index contributed by atoms with van der Waals surface area (Å²) in [6.07, 6.45) is 0. The fourth-order valence-corrected chi connectivity index (χ4v) is 5.13. The molecule has 0 unspecified atom stereocenters. The molecule has 0 aliphatic carbocycles. The average molecular weight is 474 g/mol. The van der Waals surface area contributed by atoms with Crippen molar-refractivity contribution in [3.63, 3.8) is 0 Å². The SMILES string of the molecule is O=S(=O)(NC[C@@H](c1ccccc1)N1CCN(c2ccc(F)cc2)CC1)c1ccc(Cl)cc1. The number of nitrogens with one attached hydrogen (secondary N) is 1. The molecule has 0 bridgehead atoms. The summed E-state index contributed by atoms with van der Waals surface area (Å²) in [6.45, 7) is 3.34. The van der Waals surface area contributed by atoms with E-state index in [4.69, 9.17) is 11.6 Å². The van der Waals surface area contributed by atoms with Gasteiger partial charge in [0.05, 0.1) is 4.90 Å². The molecule has 0 radical (unpaired) electrons. The molecule has 0 spiro atoms. The number of halogens is 2. The first-order chi connectivity index (χ1) is 15.4. The van der Waals surface area contributed by atoms with Crippen molar-refractivity contribution >= 4 is 27.3 Å². The van der Waals surface area contributed by atoms with Gasteiger partial charge in [-0.3, -0.25) is 4.90 Å². The van der Waals surface area contributed by atoms with E-state index >= 15 is 0 Å². The molecule has 4 rings (SSSR count). The van der Waals surface area contributed by atoms with E-state index in [2.05, 4.69) is 14.5 Å². The summed E-state index contributed by atoms with van der Waals surface area (Å²) in [5.41, 5.74) is 2.05. The minimum Gasteiger partial charge on any atom is -0.369 e. The molecule has 1 saturated heterocycles. The summed E-state index contributed by atoms with van der Waals surface area (Å²) >= 11 is 5.89. The molecule has 3 aromatic carbocycles. The Balaban J connectivity index is 1.47. The largest absolute Gasteiger partial charge is 0.369 e. The van der Waals surface area contributed by atoms with Gasteiger partial charge in [-0.15, -0.1) is 0 Å². The Kier molecular flexibility index (Phi) is 7.10. The predicted molar refractivity (Wildman–Crippen MR) is 126 cm³/mol. The van der Waals surface area contributed by atoms with Crippen LogP contribution in [0.1, 0.15) is 11.6 Å². The predicted octanol–water partition coefficient (Wildman–Crippen LogP) is 4.32. The third kappa shape index (κ3) is 5.48. The van der Waals surface area contributed by atoms with Gasteiger partial charge >= 0.3 is 0 Å². The molecule has 1 aliphatic rings. The molecule has 5 nitrogen and oxygen atoms in total. The standard InChI is InChI=1S/C24H25ClFN3O2S/c25-20-6-12-23(13-7-20)32(30,31)27-18-24(19-4-2-1-3-5-19)29-16-14-28(15-17-29)22-10-8-21(26)9-11-22/h1-13,24,27H,14-18H2/t24-/m0/s1. The Morgan fingerprint density at radius 1 is 0.875 bits per heavy atom. The monoisotopic (exact) mass is 473 g/mol. The van der Waals surface area contributed by atoms with Crippen LogP contribution in [0.2, 0.25) is 5.02 Å². The summed E-state index contributed by atoms with van der Waals surface area (Å²) in [4.78, 5) is 4.70.